The summed E-state index contributed by atoms with van der Waals surface area (Å²) < 4.78 is 97.7. The van der Waals surface area contributed by atoms with Gasteiger partial charge >= 0.3 is 20.6 Å². The molecule has 0 atom stereocenters. The smallest absolute Gasteiger partial charge is 0.269 e. The fraction of sp³-hybridized carbons (Fsp3) is 0.174. The fourth-order valence-electron chi connectivity index (χ4n) is 3.77. The van der Waals surface area contributed by atoms with E-state index < -0.39 is 32.2 Å². The van der Waals surface area contributed by atoms with Crippen molar-refractivity contribution in [2.75, 3.05) is 4.31 Å². The van der Waals surface area contributed by atoms with E-state index in [4.69, 9.17) is 0 Å². The average Bonchev–Trinajstić information content (AvgIpc) is 3.35. The highest BCUT2D eigenvalue weighted by atomic mass is 32.2. The van der Waals surface area contributed by atoms with Crippen molar-refractivity contribution in [2.24, 2.45) is 0 Å². The summed E-state index contributed by atoms with van der Waals surface area (Å²) in [6.45, 7) is 1.93. The molecular formula is C23H21F2N2O6S4+. The molecule has 0 spiro atoms. The summed E-state index contributed by atoms with van der Waals surface area (Å²) >= 11 is 2.06. The molecule has 2 N–H and O–H groups in total. The second-order valence-electron chi connectivity index (χ2n) is 7.86. The quantitative estimate of drug-likeness (QED) is 0.209. The molecule has 0 amide bonds. The molecule has 8 nitrogen and oxygen atoms in total. The van der Waals surface area contributed by atoms with E-state index in [-0.39, 0.29) is 26.8 Å². The predicted octanol–water partition coefficient (Wildman–Crippen LogP) is 5.29. The molecule has 196 valence electrons. The van der Waals surface area contributed by atoms with Crippen LogP contribution in [0.3, 0.4) is 0 Å². The van der Waals surface area contributed by atoms with Gasteiger partial charge < -0.3 is 0 Å². The molecule has 2 aromatic carbocycles. The number of halogens is 2. The van der Waals surface area contributed by atoms with Crippen molar-refractivity contribution in [1.29, 1.82) is 0 Å². The molecule has 2 heterocycles. The second kappa shape index (κ2) is 10.6. The Morgan fingerprint density at radius 2 is 1.81 bits per heavy atom. The molecule has 4 rings (SSSR count). The SMILES string of the molecule is CCCCc1c(F)ccc2sc(C=CC=CC=C3Sc4ccc(F)cc4N3S(=O)(=O)O)[n+](S(=O)(=O)O)c12. The monoisotopic (exact) mass is 587 g/mol. The first-order valence-corrected chi connectivity index (χ1v) is 15.3. The maximum absolute atomic E-state index is 14.5. The summed E-state index contributed by atoms with van der Waals surface area (Å²) in [5, 5.41) is 0.217. The Labute approximate surface area is 221 Å². The van der Waals surface area contributed by atoms with Gasteiger partial charge in [-0.3, -0.25) is 4.55 Å². The van der Waals surface area contributed by atoms with Gasteiger partial charge in [0, 0.05) is 11.0 Å². The van der Waals surface area contributed by atoms with Gasteiger partial charge in [-0.05, 0) is 53.2 Å². The molecule has 0 radical (unpaired) electrons. The number of thioether (sulfide) groups is 1. The van der Waals surface area contributed by atoms with E-state index >= 15 is 0 Å². The van der Waals surface area contributed by atoms with Crippen LogP contribution in [0, 0.1) is 11.6 Å². The summed E-state index contributed by atoms with van der Waals surface area (Å²) in [6, 6.07) is 6.27. The first kappa shape index (κ1) is 27.4. The van der Waals surface area contributed by atoms with Crippen molar-refractivity contribution >= 4 is 65.7 Å². The van der Waals surface area contributed by atoms with Crippen molar-refractivity contribution in [3.05, 3.63) is 81.9 Å². The zero-order chi connectivity index (χ0) is 27.0. The van der Waals surface area contributed by atoms with Gasteiger partial charge in [0.15, 0.2) is 0 Å². The standard InChI is InChI=1S/C23H20F2N2O6S4/c1-2-3-7-16-17(25)11-13-20-23(16)27(37(31,32)33)22(35-20)9-6-4-5-8-21-26(36(28,29)30)18-14-15(24)10-12-19(18)34-21/h4-6,8-14H,2-3,7H2,1H3,(H-,28,29,30,31,32,33)/p+1. The van der Waals surface area contributed by atoms with Crippen LogP contribution in [0.4, 0.5) is 14.5 Å². The van der Waals surface area contributed by atoms with Crippen molar-refractivity contribution in [3.63, 3.8) is 0 Å². The molecule has 0 bridgehead atoms. The van der Waals surface area contributed by atoms with Crippen LogP contribution in [0.2, 0.25) is 0 Å². The topological polar surface area (TPSA) is 116 Å². The fourth-order valence-corrected chi connectivity index (χ4v) is 8.03. The van der Waals surface area contributed by atoms with Crippen LogP contribution >= 0.6 is 23.1 Å². The minimum absolute atomic E-state index is 0.0201. The number of nitrogens with zero attached hydrogens (tertiary/aromatic N) is 2. The Kier molecular flexibility index (Phi) is 7.88. The van der Waals surface area contributed by atoms with E-state index in [0.29, 0.717) is 30.7 Å². The summed E-state index contributed by atoms with van der Waals surface area (Å²) in [5.74, 6) is -1.22. The molecule has 0 unspecified atom stereocenters. The molecule has 0 fully saturated rings. The number of aromatic nitrogens is 1. The number of aryl methyl sites for hydroxylation is 1. The second-order valence-corrected chi connectivity index (χ2v) is 12.5. The molecule has 1 aliphatic heterocycles. The highest BCUT2D eigenvalue weighted by Gasteiger charge is 2.34. The normalized spacial score (nSPS) is 15.6. The van der Waals surface area contributed by atoms with Gasteiger partial charge in [0.05, 0.1) is 16.3 Å². The van der Waals surface area contributed by atoms with Crippen LogP contribution in [0.15, 0.2) is 64.6 Å². The lowest BCUT2D eigenvalue weighted by Gasteiger charge is -2.15. The first-order chi connectivity index (χ1) is 17.4. The van der Waals surface area contributed by atoms with Gasteiger partial charge in [-0.15, -0.1) is 8.42 Å². The van der Waals surface area contributed by atoms with E-state index in [0.717, 1.165) is 35.6 Å². The third-order valence-corrected chi connectivity index (χ3v) is 9.40. The van der Waals surface area contributed by atoms with E-state index in [1.807, 2.05) is 6.92 Å². The van der Waals surface area contributed by atoms with Crippen LogP contribution < -0.4 is 8.28 Å². The number of benzene rings is 2. The highest BCUT2D eigenvalue weighted by molar-refractivity contribution is 8.05. The van der Waals surface area contributed by atoms with Crippen molar-refractivity contribution in [2.45, 2.75) is 31.1 Å². The van der Waals surface area contributed by atoms with E-state index in [1.165, 1.54) is 54.6 Å². The van der Waals surface area contributed by atoms with Crippen LogP contribution in [0.5, 0.6) is 0 Å². The summed E-state index contributed by atoms with van der Waals surface area (Å²) in [4.78, 5) is 0.430. The summed E-state index contributed by atoms with van der Waals surface area (Å²) in [6.07, 6.45) is 8.85. The van der Waals surface area contributed by atoms with Gasteiger partial charge in [0.25, 0.3) is 10.5 Å². The zero-order valence-electron chi connectivity index (χ0n) is 19.2. The molecular weight excluding hydrogens is 567 g/mol. The summed E-state index contributed by atoms with van der Waals surface area (Å²) in [5.41, 5.74) is 0.267. The van der Waals surface area contributed by atoms with E-state index in [1.54, 1.807) is 0 Å². The van der Waals surface area contributed by atoms with Gasteiger partial charge in [-0.25, -0.2) is 17.6 Å². The maximum atomic E-state index is 14.5. The molecule has 0 aliphatic carbocycles. The maximum Gasteiger partial charge on any atom is 0.513 e. The minimum Gasteiger partial charge on any atom is -0.269 e. The van der Waals surface area contributed by atoms with Gasteiger partial charge in [-0.2, -0.15) is 8.42 Å². The van der Waals surface area contributed by atoms with E-state index in [9.17, 15) is 34.7 Å². The predicted molar refractivity (Wildman–Crippen MR) is 140 cm³/mol. The number of rotatable bonds is 8. The lowest BCUT2D eigenvalue weighted by atomic mass is 10.1. The third kappa shape index (κ3) is 5.78. The van der Waals surface area contributed by atoms with Gasteiger partial charge in [0.2, 0.25) is 0 Å². The largest absolute Gasteiger partial charge is 0.513 e. The minimum atomic E-state index is -4.76. The third-order valence-electron chi connectivity index (χ3n) is 5.30. The van der Waals surface area contributed by atoms with Crippen molar-refractivity contribution in [1.82, 2.24) is 0 Å². The Morgan fingerprint density at radius 3 is 2.49 bits per heavy atom. The molecule has 14 heteroatoms. The number of fused-ring (bicyclic) bond motifs is 2. The van der Waals surface area contributed by atoms with Crippen LogP contribution in [0.1, 0.15) is 30.3 Å². The van der Waals surface area contributed by atoms with Crippen LogP contribution in [0.25, 0.3) is 16.3 Å². The summed E-state index contributed by atoms with van der Waals surface area (Å²) in [7, 11) is -9.48. The molecule has 37 heavy (non-hydrogen) atoms. The Bertz CT molecular complexity index is 1680. The Hall–Kier alpha value is -2.62. The molecule has 0 saturated heterocycles. The van der Waals surface area contributed by atoms with Gasteiger partial charge in [-0.1, -0.05) is 54.7 Å². The number of anilines is 1. The molecule has 1 aromatic heterocycles. The number of unbranched alkanes of at least 4 members (excludes halogenated alkanes) is 1. The number of thiazole rings is 1. The van der Waals surface area contributed by atoms with Gasteiger partial charge in [0.1, 0.15) is 16.3 Å². The first-order valence-electron chi connectivity index (χ1n) is 10.9. The number of allylic oxidation sites excluding steroid dienone is 4. The Balaban J connectivity index is 1.68. The van der Waals surface area contributed by atoms with Crippen LogP contribution in [-0.4, -0.2) is 25.9 Å². The highest BCUT2D eigenvalue weighted by Crippen LogP contribution is 2.47. The lowest BCUT2D eigenvalue weighted by Crippen LogP contribution is -2.44. The van der Waals surface area contributed by atoms with Crippen molar-refractivity contribution in [3.8, 4) is 0 Å². The van der Waals surface area contributed by atoms with E-state index in [2.05, 4.69) is 0 Å². The lowest BCUT2D eigenvalue weighted by molar-refractivity contribution is -0.486. The molecule has 3 aromatic rings. The van der Waals surface area contributed by atoms with Crippen molar-refractivity contribution < 1.29 is 38.7 Å². The zero-order valence-corrected chi connectivity index (χ0v) is 22.5. The Morgan fingerprint density at radius 1 is 1.05 bits per heavy atom. The molecule has 0 saturated carbocycles. The van der Waals surface area contributed by atoms with Crippen LogP contribution in [-0.2, 0) is 27.0 Å². The number of hydrogen-bond donors (Lipinski definition) is 2. The molecule has 1 aliphatic rings. The average molecular weight is 588 g/mol. The number of hydrogen-bond acceptors (Lipinski definition) is 6.